The zero-order valence-electron chi connectivity index (χ0n) is 12.3. The summed E-state index contributed by atoms with van der Waals surface area (Å²) in [5.41, 5.74) is 0. The molecule has 20 heavy (non-hydrogen) atoms. The molecule has 0 radical (unpaired) electrons. The number of methoxy groups -OCH3 is 2. The number of likely N-dealkylation sites (tertiary alicyclic amines) is 1. The van der Waals surface area contributed by atoms with Crippen molar-refractivity contribution in [3.05, 3.63) is 0 Å². The van der Waals surface area contributed by atoms with Gasteiger partial charge in [-0.25, -0.2) is 0 Å². The molecule has 1 amide bonds. The van der Waals surface area contributed by atoms with E-state index in [-0.39, 0.29) is 36.9 Å². The molecule has 0 bridgehead atoms. The SMILES string of the molecule is COC(=O)CN(C)CC(=O)N1CCC(C(=O)OC)CC1. The molecule has 1 heterocycles. The number of likely N-dealkylation sites (N-methyl/N-ethyl adjacent to an activating group) is 1. The second-order valence-electron chi connectivity index (χ2n) is 4.93. The maximum atomic E-state index is 12.0. The number of ether oxygens (including phenoxy) is 2. The molecule has 0 spiro atoms. The van der Waals surface area contributed by atoms with Gasteiger partial charge in [-0.3, -0.25) is 19.3 Å². The molecule has 1 aliphatic heterocycles. The highest BCUT2D eigenvalue weighted by atomic mass is 16.5. The zero-order valence-corrected chi connectivity index (χ0v) is 12.3. The Labute approximate surface area is 118 Å². The minimum Gasteiger partial charge on any atom is -0.469 e. The first-order valence-electron chi connectivity index (χ1n) is 6.59. The Hall–Kier alpha value is -1.63. The van der Waals surface area contributed by atoms with Crippen LogP contribution < -0.4 is 0 Å². The first kappa shape index (κ1) is 16.4. The number of amides is 1. The van der Waals surface area contributed by atoms with Crippen molar-refractivity contribution in [1.29, 1.82) is 0 Å². The average molecular weight is 286 g/mol. The van der Waals surface area contributed by atoms with E-state index in [4.69, 9.17) is 4.74 Å². The van der Waals surface area contributed by atoms with Gasteiger partial charge in [0.25, 0.3) is 0 Å². The van der Waals surface area contributed by atoms with Crippen LogP contribution in [-0.2, 0) is 23.9 Å². The van der Waals surface area contributed by atoms with Gasteiger partial charge >= 0.3 is 11.9 Å². The number of hydrogen-bond donors (Lipinski definition) is 0. The van der Waals surface area contributed by atoms with E-state index in [1.54, 1.807) is 16.8 Å². The molecule has 1 fully saturated rings. The van der Waals surface area contributed by atoms with Gasteiger partial charge < -0.3 is 14.4 Å². The predicted octanol–water partition coefficient (Wildman–Crippen LogP) is -0.497. The Balaban J connectivity index is 2.35. The number of rotatable bonds is 5. The lowest BCUT2D eigenvalue weighted by molar-refractivity contribution is -0.149. The summed E-state index contributed by atoms with van der Waals surface area (Å²) >= 11 is 0. The van der Waals surface area contributed by atoms with Crippen molar-refractivity contribution < 1.29 is 23.9 Å². The van der Waals surface area contributed by atoms with Crippen molar-refractivity contribution in [2.24, 2.45) is 5.92 Å². The minimum atomic E-state index is -0.371. The van der Waals surface area contributed by atoms with Gasteiger partial charge in [-0.2, -0.15) is 0 Å². The smallest absolute Gasteiger partial charge is 0.319 e. The molecule has 1 aliphatic rings. The molecular weight excluding hydrogens is 264 g/mol. The van der Waals surface area contributed by atoms with Crippen LogP contribution in [-0.4, -0.2) is 75.1 Å². The van der Waals surface area contributed by atoms with Crippen LogP contribution in [0.15, 0.2) is 0 Å². The van der Waals surface area contributed by atoms with Crippen LogP contribution in [0.25, 0.3) is 0 Å². The van der Waals surface area contributed by atoms with Crippen LogP contribution in [0.2, 0.25) is 0 Å². The Bertz CT molecular complexity index is 364. The lowest BCUT2D eigenvalue weighted by Crippen LogP contribution is -2.45. The molecule has 7 nitrogen and oxygen atoms in total. The van der Waals surface area contributed by atoms with Crippen LogP contribution in [0.5, 0.6) is 0 Å². The normalized spacial score (nSPS) is 16.1. The van der Waals surface area contributed by atoms with Crippen LogP contribution in [0.4, 0.5) is 0 Å². The van der Waals surface area contributed by atoms with Crippen molar-refractivity contribution in [1.82, 2.24) is 9.80 Å². The summed E-state index contributed by atoms with van der Waals surface area (Å²) in [6, 6.07) is 0. The topological polar surface area (TPSA) is 76.2 Å². The summed E-state index contributed by atoms with van der Waals surface area (Å²) in [4.78, 5) is 37.8. The molecule has 0 saturated carbocycles. The third-order valence-electron chi connectivity index (χ3n) is 3.41. The second-order valence-corrected chi connectivity index (χ2v) is 4.93. The number of carbonyl (C=O) groups excluding carboxylic acids is 3. The molecule has 0 N–H and O–H groups in total. The molecule has 1 rings (SSSR count). The van der Waals surface area contributed by atoms with E-state index >= 15 is 0 Å². The summed E-state index contributed by atoms with van der Waals surface area (Å²) in [6.45, 7) is 1.34. The molecule has 0 unspecified atom stereocenters. The van der Waals surface area contributed by atoms with Crippen molar-refractivity contribution >= 4 is 17.8 Å². The second kappa shape index (κ2) is 7.84. The van der Waals surface area contributed by atoms with Gasteiger partial charge in [-0.1, -0.05) is 0 Å². The van der Waals surface area contributed by atoms with Gasteiger partial charge in [0, 0.05) is 13.1 Å². The van der Waals surface area contributed by atoms with Crippen molar-refractivity contribution in [3.8, 4) is 0 Å². The summed E-state index contributed by atoms with van der Waals surface area (Å²) in [5, 5.41) is 0. The fourth-order valence-electron chi connectivity index (χ4n) is 2.20. The zero-order chi connectivity index (χ0) is 15.1. The summed E-state index contributed by atoms with van der Waals surface area (Å²) < 4.78 is 9.25. The lowest BCUT2D eigenvalue weighted by atomic mass is 9.97. The van der Waals surface area contributed by atoms with Crippen LogP contribution in [0, 0.1) is 5.92 Å². The molecule has 114 valence electrons. The first-order chi connectivity index (χ1) is 9.47. The number of nitrogens with zero attached hydrogens (tertiary/aromatic N) is 2. The minimum absolute atomic E-state index is 0.0419. The highest BCUT2D eigenvalue weighted by Gasteiger charge is 2.28. The average Bonchev–Trinajstić information content (AvgIpc) is 2.46. The lowest BCUT2D eigenvalue weighted by Gasteiger charge is -2.31. The molecule has 0 aromatic rings. The monoisotopic (exact) mass is 286 g/mol. The molecule has 0 aromatic carbocycles. The fourth-order valence-corrected chi connectivity index (χ4v) is 2.20. The molecular formula is C13H22N2O5. The number of esters is 2. The van der Waals surface area contributed by atoms with Crippen molar-refractivity contribution in [2.75, 3.05) is 47.4 Å². The van der Waals surface area contributed by atoms with Crippen molar-refractivity contribution in [3.63, 3.8) is 0 Å². The Kier molecular flexibility index (Phi) is 6.44. The van der Waals surface area contributed by atoms with E-state index in [1.165, 1.54) is 14.2 Å². The molecule has 7 heteroatoms. The Morgan fingerprint density at radius 2 is 1.70 bits per heavy atom. The van der Waals surface area contributed by atoms with Crippen LogP contribution in [0.1, 0.15) is 12.8 Å². The van der Waals surface area contributed by atoms with E-state index in [1.807, 2.05) is 0 Å². The van der Waals surface area contributed by atoms with Gasteiger partial charge in [0.05, 0.1) is 33.2 Å². The predicted molar refractivity (Wildman–Crippen MR) is 70.8 cm³/mol. The largest absolute Gasteiger partial charge is 0.469 e. The summed E-state index contributed by atoms with van der Waals surface area (Å²) in [6.07, 6.45) is 1.25. The van der Waals surface area contributed by atoms with E-state index in [9.17, 15) is 14.4 Å². The summed E-state index contributed by atoms with van der Waals surface area (Å²) in [7, 11) is 4.38. The molecule has 0 aliphatic carbocycles. The molecule has 1 saturated heterocycles. The summed E-state index contributed by atoms with van der Waals surface area (Å²) in [5.74, 6) is -0.735. The van der Waals surface area contributed by atoms with Gasteiger partial charge in [0.15, 0.2) is 0 Å². The highest BCUT2D eigenvalue weighted by molar-refractivity contribution is 5.80. The maximum absolute atomic E-state index is 12.0. The Morgan fingerprint density at radius 3 is 2.20 bits per heavy atom. The van der Waals surface area contributed by atoms with E-state index in [0.717, 1.165) is 0 Å². The third kappa shape index (κ3) is 4.80. The number of piperidine rings is 1. The van der Waals surface area contributed by atoms with Crippen LogP contribution >= 0.6 is 0 Å². The van der Waals surface area contributed by atoms with Gasteiger partial charge in [0.1, 0.15) is 0 Å². The van der Waals surface area contributed by atoms with E-state index < -0.39 is 0 Å². The molecule has 0 atom stereocenters. The molecule has 0 aromatic heterocycles. The van der Waals surface area contributed by atoms with Gasteiger partial charge in [0.2, 0.25) is 5.91 Å². The third-order valence-corrected chi connectivity index (χ3v) is 3.41. The van der Waals surface area contributed by atoms with Gasteiger partial charge in [-0.15, -0.1) is 0 Å². The standard InChI is InChI=1S/C13H22N2O5/c1-14(9-12(17)19-2)8-11(16)15-6-4-10(5-7-15)13(18)20-3/h10H,4-9H2,1-3H3. The van der Waals surface area contributed by atoms with E-state index in [2.05, 4.69) is 4.74 Å². The Morgan fingerprint density at radius 1 is 1.10 bits per heavy atom. The van der Waals surface area contributed by atoms with Gasteiger partial charge in [-0.05, 0) is 19.9 Å². The first-order valence-corrected chi connectivity index (χ1v) is 6.59. The van der Waals surface area contributed by atoms with Crippen molar-refractivity contribution in [2.45, 2.75) is 12.8 Å². The number of hydrogen-bond acceptors (Lipinski definition) is 6. The quantitative estimate of drug-likeness (QED) is 0.634. The van der Waals surface area contributed by atoms with Crippen LogP contribution in [0.3, 0.4) is 0 Å². The maximum Gasteiger partial charge on any atom is 0.319 e. The highest BCUT2D eigenvalue weighted by Crippen LogP contribution is 2.18. The number of carbonyl (C=O) groups is 3. The van der Waals surface area contributed by atoms with E-state index in [0.29, 0.717) is 25.9 Å². The fraction of sp³-hybridized carbons (Fsp3) is 0.769.